The summed E-state index contributed by atoms with van der Waals surface area (Å²) in [5, 5.41) is 0. The van der Waals surface area contributed by atoms with Crippen LogP contribution in [-0.2, 0) is 0 Å². The molecule has 1 rings (SSSR count). The maximum Gasteiger partial charge on any atom is 0.228 e. The largest absolute Gasteiger partial charge is 0.463 e. The molecule has 0 saturated heterocycles. The highest BCUT2D eigenvalue weighted by molar-refractivity contribution is 5.85. The lowest BCUT2D eigenvalue weighted by molar-refractivity contribution is 0.192. The molecule has 0 radical (unpaired) electrons. The van der Waals surface area contributed by atoms with E-state index >= 15 is 0 Å². The first-order chi connectivity index (χ1) is 4.83. The highest BCUT2D eigenvalue weighted by Crippen LogP contribution is 2.13. The van der Waals surface area contributed by atoms with Gasteiger partial charge >= 0.3 is 0 Å². The van der Waals surface area contributed by atoms with Gasteiger partial charge in [0.25, 0.3) is 0 Å². The third kappa shape index (κ3) is 3.09. The second-order valence-electron chi connectivity index (χ2n) is 1.83. The fourth-order valence-corrected chi connectivity index (χ4v) is 0.667. The summed E-state index contributed by atoms with van der Waals surface area (Å²) in [4.78, 5) is 0. The standard InChI is InChI=1S/C7H8FNO.ClH/c8-5-10-7-3-1-2-6(9)4-7;/h1-4H,5,9H2;1H. The van der Waals surface area contributed by atoms with E-state index < -0.39 is 6.86 Å². The van der Waals surface area contributed by atoms with Gasteiger partial charge < -0.3 is 10.5 Å². The van der Waals surface area contributed by atoms with Gasteiger partial charge in [0.15, 0.2) is 0 Å². The number of halogens is 2. The number of ether oxygens (including phenoxy) is 1. The van der Waals surface area contributed by atoms with E-state index in [1.807, 2.05) is 0 Å². The second kappa shape index (κ2) is 4.79. The van der Waals surface area contributed by atoms with Crippen molar-refractivity contribution in [2.24, 2.45) is 0 Å². The van der Waals surface area contributed by atoms with Crippen LogP contribution in [0.5, 0.6) is 5.75 Å². The third-order valence-electron chi connectivity index (χ3n) is 1.08. The normalized spacial score (nSPS) is 8.45. The van der Waals surface area contributed by atoms with Gasteiger partial charge in [0.2, 0.25) is 6.86 Å². The molecule has 0 heterocycles. The van der Waals surface area contributed by atoms with Gasteiger partial charge in [0.1, 0.15) is 5.75 Å². The Balaban J connectivity index is 0.000001000. The van der Waals surface area contributed by atoms with Crippen molar-refractivity contribution in [2.45, 2.75) is 0 Å². The molecule has 0 aliphatic carbocycles. The maximum atomic E-state index is 11.5. The van der Waals surface area contributed by atoms with E-state index in [-0.39, 0.29) is 12.4 Å². The number of anilines is 1. The summed E-state index contributed by atoms with van der Waals surface area (Å²) in [6.45, 7) is -0.816. The molecule has 0 aliphatic rings. The van der Waals surface area contributed by atoms with E-state index in [0.717, 1.165) is 0 Å². The Hall–Kier alpha value is -0.960. The summed E-state index contributed by atoms with van der Waals surface area (Å²) < 4.78 is 16.1. The molecule has 0 unspecified atom stereocenters. The fraction of sp³-hybridized carbons (Fsp3) is 0.143. The molecule has 0 saturated carbocycles. The number of hydrogen-bond donors (Lipinski definition) is 1. The molecule has 4 heteroatoms. The lowest BCUT2D eigenvalue weighted by Gasteiger charge is -1.99. The first-order valence-corrected chi connectivity index (χ1v) is 2.87. The summed E-state index contributed by atoms with van der Waals surface area (Å²) in [6.07, 6.45) is 0. The average Bonchev–Trinajstić information content (AvgIpc) is 1.88. The van der Waals surface area contributed by atoms with Gasteiger partial charge in [-0.25, -0.2) is 4.39 Å². The van der Waals surface area contributed by atoms with Gasteiger partial charge in [-0.1, -0.05) is 6.07 Å². The molecule has 11 heavy (non-hydrogen) atoms. The lowest BCUT2D eigenvalue weighted by Crippen LogP contribution is -1.91. The third-order valence-corrected chi connectivity index (χ3v) is 1.08. The van der Waals surface area contributed by atoms with E-state index in [1.54, 1.807) is 24.3 Å². The number of nitrogens with two attached hydrogens (primary N) is 1. The molecule has 0 aromatic heterocycles. The van der Waals surface area contributed by atoms with Gasteiger partial charge in [-0.3, -0.25) is 0 Å². The van der Waals surface area contributed by atoms with Gasteiger partial charge in [-0.05, 0) is 12.1 Å². The number of benzene rings is 1. The SMILES string of the molecule is Cl.Nc1cccc(OCF)c1. The number of hydrogen-bond acceptors (Lipinski definition) is 2. The minimum atomic E-state index is -0.816. The minimum absolute atomic E-state index is 0. The van der Waals surface area contributed by atoms with Gasteiger partial charge in [-0.15, -0.1) is 12.4 Å². The molecule has 2 nitrogen and oxygen atoms in total. The van der Waals surface area contributed by atoms with Gasteiger partial charge in [0.05, 0.1) is 0 Å². The molecule has 0 amide bonds. The van der Waals surface area contributed by atoms with Gasteiger partial charge in [-0.2, -0.15) is 0 Å². The van der Waals surface area contributed by atoms with Gasteiger partial charge in [0, 0.05) is 11.8 Å². The van der Waals surface area contributed by atoms with Crippen LogP contribution in [0.2, 0.25) is 0 Å². The Morgan fingerprint density at radius 2 is 2.18 bits per heavy atom. The van der Waals surface area contributed by atoms with Crippen molar-refractivity contribution in [3.8, 4) is 5.75 Å². The Bertz CT molecular complexity index is 219. The second-order valence-corrected chi connectivity index (χ2v) is 1.83. The molecule has 2 N–H and O–H groups in total. The zero-order chi connectivity index (χ0) is 7.40. The number of alkyl halides is 1. The Labute approximate surface area is 70.6 Å². The molecule has 0 bridgehead atoms. The van der Waals surface area contributed by atoms with E-state index in [0.29, 0.717) is 11.4 Å². The molecular formula is C7H9ClFNO. The monoisotopic (exact) mass is 177 g/mol. The van der Waals surface area contributed by atoms with Crippen LogP contribution in [0.15, 0.2) is 24.3 Å². The molecule has 0 aliphatic heterocycles. The van der Waals surface area contributed by atoms with Crippen molar-refractivity contribution in [3.63, 3.8) is 0 Å². The summed E-state index contributed by atoms with van der Waals surface area (Å²) in [5.74, 6) is 0.461. The van der Waals surface area contributed by atoms with Crippen molar-refractivity contribution in [1.29, 1.82) is 0 Å². The maximum absolute atomic E-state index is 11.5. The van der Waals surface area contributed by atoms with Crippen LogP contribution in [0.4, 0.5) is 10.1 Å². The average molecular weight is 178 g/mol. The Morgan fingerprint density at radius 3 is 2.73 bits per heavy atom. The minimum Gasteiger partial charge on any atom is -0.463 e. The zero-order valence-corrected chi connectivity index (χ0v) is 6.60. The van der Waals surface area contributed by atoms with Crippen molar-refractivity contribution in [2.75, 3.05) is 12.6 Å². The molecule has 1 aromatic carbocycles. The van der Waals surface area contributed by atoms with Crippen LogP contribution in [0.25, 0.3) is 0 Å². The first kappa shape index (κ1) is 10.0. The van der Waals surface area contributed by atoms with Crippen LogP contribution in [0.3, 0.4) is 0 Å². The Kier molecular flexibility index (Phi) is 4.38. The molecule has 0 fully saturated rings. The quantitative estimate of drug-likeness (QED) is 0.702. The summed E-state index contributed by atoms with van der Waals surface area (Å²) in [6, 6.07) is 6.64. The summed E-state index contributed by atoms with van der Waals surface area (Å²) in [7, 11) is 0. The summed E-state index contributed by atoms with van der Waals surface area (Å²) >= 11 is 0. The number of nitrogen functional groups attached to an aromatic ring is 1. The van der Waals surface area contributed by atoms with Crippen molar-refractivity contribution in [3.05, 3.63) is 24.3 Å². The molecule has 1 aromatic rings. The van der Waals surface area contributed by atoms with Crippen LogP contribution in [0.1, 0.15) is 0 Å². The summed E-state index contributed by atoms with van der Waals surface area (Å²) in [5.41, 5.74) is 5.96. The lowest BCUT2D eigenvalue weighted by atomic mass is 10.3. The van der Waals surface area contributed by atoms with Crippen molar-refractivity contribution < 1.29 is 9.13 Å². The predicted molar refractivity (Wildman–Crippen MR) is 44.7 cm³/mol. The molecule has 62 valence electrons. The molecular weight excluding hydrogens is 169 g/mol. The highest BCUT2D eigenvalue weighted by Gasteiger charge is 1.90. The van der Waals surface area contributed by atoms with E-state index in [1.165, 1.54) is 0 Å². The highest BCUT2D eigenvalue weighted by atomic mass is 35.5. The Morgan fingerprint density at radius 1 is 1.45 bits per heavy atom. The van der Waals surface area contributed by atoms with Crippen molar-refractivity contribution in [1.82, 2.24) is 0 Å². The van der Waals surface area contributed by atoms with Crippen LogP contribution < -0.4 is 10.5 Å². The van der Waals surface area contributed by atoms with Crippen molar-refractivity contribution >= 4 is 18.1 Å². The van der Waals surface area contributed by atoms with Crippen LogP contribution in [0, 0.1) is 0 Å². The fourth-order valence-electron chi connectivity index (χ4n) is 0.667. The molecule has 0 spiro atoms. The van der Waals surface area contributed by atoms with Crippen LogP contribution in [-0.4, -0.2) is 6.86 Å². The smallest absolute Gasteiger partial charge is 0.228 e. The topological polar surface area (TPSA) is 35.2 Å². The van der Waals surface area contributed by atoms with E-state index in [2.05, 4.69) is 4.74 Å². The zero-order valence-electron chi connectivity index (χ0n) is 5.79. The number of rotatable bonds is 2. The first-order valence-electron chi connectivity index (χ1n) is 2.87. The van der Waals surface area contributed by atoms with E-state index in [4.69, 9.17) is 5.73 Å². The van der Waals surface area contributed by atoms with E-state index in [9.17, 15) is 4.39 Å². The van der Waals surface area contributed by atoms with Crippen LogP contribution >= 0.6 is 12.4 Å². The predicted octanol–water partition coefficient (Wildman–Crippen LogP) is 2.00. The molecule has 0 atom stereocenters.